The van der Waals surface area contributed by atoms with Crippen LogP contribution in [-0.4, -0.2) is 15.3 Å². The lowest BCUT2D eigenvalue weighted by Gasteiger charge is -2.04. The summed E-state index contributed by atoms with van der Waals surface area (Å²) in [6, 6.07) is 9.61. The van der Waals surface area contributed by atoms with Crippen molar-refractivity contribution in [1.82, 2.24) is 9.55 Å². The largest absolute Gasteiger partial charge is 0.315 e. The minimum absolute atomic E-state index is 0.0162. The molecule has 2 aromatic rings. The molecular weight excluding hydrogens is 238 g/mol. The first kappa shape index (κ1) is 13.0. The third-order valence-electron chi connectivity index (χ3n) is 2.94. The summed E-state index contributed by atoms with van der Waals surface area (Å²) in [6.07, 6.45) is 5.28. The van der Waals surface area contributed by atoms with Crippen molar-refractivity contribution >= 4 is 5.78 Å². The van der Waals surface area contributed by atoms with E-state index in [0.29, 0.717) is 5.56 Å². The van der Waals surface area contributed by atoms with Crippen molar-refractivity contribution in [3.05, 3.63) is 53.6 Å². The van der Waals surface area contributed by atoms with Crippen molar-refractivity contribution < 1.29 is 4.79 Å². The zero-order valence-electron chi connectivity index (χ0n) is 10.8. The highest BCUT2D eigenvalue weighted by Gasteiger charge is 2.09. The molecule has 0 atom stereocenters. The van der Waals surface area contributed by atoms with Crippen LogP contribution < -0.4 is 0 Å². The van der Waals surface area contributed by atoms with E-state index in [0.717, 1.165) is 12.8 Å². The number of imidazole rings is 1. The van der Waals surface area contributed by atoms with Gasteiger partial charge in [-0.15, -0.1) is 0 Å². The Morgan fingerprint density at radius 2 is 2.11 bits per heavy atom. The number of rotatable bonds is 5. The van der Waals surface area contributed by atoms with E-state index in [-0.39, 0.29) is 18.2 Å². The minimum atomic E-state index is -0.0162. The van der Waals surface area contributed by atoms with Gasteiger partial charge >= 0.3 is 0 Å². The van der Waals surface area contributed by atoms with Gasteiger partial charge in [-0.25, -0.2) is 4.98 Å². The summed E-state index contributed by atoms with van der Waals surface area (Å²) in [5.41, 5.74) is 1.90. The summed E-state index contributed by atoms with van der Waals surface area (Å²) < 4.78 is 1.56. The Morgan fingerprint density at radius 3 is 2.74 bits per heavy atom. The highest BCUT2D eigenvalue weighted by Crippen LogP contribution is 2.09. The first-order chi connectivity index (χ1) is 9.24. The van der Waals surface area contributed by atoms with Crippen molar-refractivity contribution in [3.8, 4) is 6.07 Å². The maximum absolute atomic E-state index is 12.1. The van der Waals surface area contributed by atoms with Gasteiger partial charge < -0.3 is 4.57 Å². The quantitative estimate of drug-likeness (QED) is 0.769. The molecule has 2 rings (SSSR count). The Kier molecular flexibility index (Phi) is 4.09. The Bertz CT molecular complexity index is 605. The van der Waals surface area contributed by atoms with Gasteiger partial charge in [-0.1, -0.05) is 37.6 Å². The number of carbonyl (C=O) groups excluding carboxylic acids is 1. The molecule has 0 bridgehead atoms. The van der Waals surface area contributed by atoms with Crippen LogP contribution in [0.4, 0.5) is 0 Å². The maximum Gasteiger partial charge on any atom is 0.213 e. The second-order valence-electron chi connectivity index (χ2n) is 4.36. The highest BCUT2D eigenvalue weighted by molar-refractivity contribution is 5.96. The molecule has 0 aliphatic rings. The number of hydrogen-bond acceptors (Lipinski definition) is 3. The lowest BCUT2D eigenvalue weighted by atomic mass is 10.1. The fourth-order valence-corrected chi connectivity index (χ4v) is 1.94. The third-order valence-corrected chi connectivity index (χ3v) is 2.94. The van der Waals surface area contributed by atoms with E-state index in [4.69, 9.17) is 5.26 Å². The molecular formula is C15H15N3O. The first-order valence-corrected chi connectivity index (χ1v) is 6.28. The normalized spacial score (nSPS) is 10.1. The van der Waals surface area contributed by atoms with E-state index in [1.165, 1.54) is 11.8 Å². The molecule has 4 heteroatoms. The van der Waals surface area contributed by atoms with Crippen LogP contribution in [0.3, 0.4) is 0 Å². The van der Waals surface area contributed by atoms with Crippen molar-refractivity contribution in [2.75, 3.05) is 0 Å². The molecule has 0 aliphatic heterocycles. The Morgan fingerprint density at radius 1 is 1.37 bits per heavy atom. The van der Waals surface area contributed by atoms with Crippen molar-refractivity contribution in [1.29, 1.82) is 5.26 Å². The summed E-state index contributed by atoms with van der Waals surface area (Å²) in [7, 11) is 0. The molecule has 0 fully saturated rings. The zero-order valence-corrected chi connectivity index (χ0v) is 10.8. The Balaban J connectivity index is 2.10. The fraction of sp³-hybridized carbons (Fsp3) is 0.267. The van der Waals surface area contributed by atoms with Gasteiger partial charge in [0.05, 0.1) is 6.54 Å². The second kappa shape index (κ2) is 5.96. The topological polar surface area (TPSA) is 58.7 Å². The number of aromatic nitrogens is 2. The van der Waals surface area contributed by atoms with E-state index in [1.807, 2.05) is 30.3 Å². The van der Waals surface area contributed by atoms with Crippen molar-refractivity contribution in [2.45, 2.75) is 26.3 Å². The van der Waals surface area contributed by atoms with Gasteiger partial charge in [0.15, 0.2) is 5.78 Å². The standard InChI is InChI=1S/C15H15N3O/c1-2-3-12-4-6-13(7-5-12)14(19)11-18-9-8-17-15(18)10-16/h4-9H,2-3,11H2,1H3. The van der Waals surface area contributed by atoms with Gasteiger partial charge in [0.25, 0.3) is 0 Å². The van der Waals surface area contributed by atoms with Crippen LogP contribution in [0.2, 0.25) is 0 Å². The summed E-state index contributed by atoms with van der Waals surface area (Å²) in [4.78, 5) is 16.0. The maximum atomic E-state index is 12.1. The molecule has 4 nitrogen and oxygen atoms in total. The van der Waals surface area contributed by atoms with Gasteiger partial charge in [-0.3, -0.25) is 4.79 Å². The number of aryl methyl sites for hydroxylation is 1. The Hall–Kier alpha value is -2.41. The van der Waals surface area contributed by atoms with Crippen LogP contribution in [0.1, 0.15) is 35.1 Å². The van der Waals surface area contributed by atoms with Gasteiger partial charge in [0.1, 0.15) is 6.07 Å². The fourth-order valence-electron chi connectivity index (χ4n) is 1.94. The number of nitriles is 1. The van der Waals surface area contributed by atoms with Crippen LogP contribution in [0.25, 0.3) is 0 Å². The van der Waals surface area contributed by atoms with Crippen molar-refractivity contribution in [2.24, 2.45) is 0 Å². The number of Topliss-reactive ketones (excluding diaryl/α,β-unsaturated/α-hetero) is 1. The monoisotopic (exact) mass is 253 g/mol. The van der Waals surface area contributed by atoms with Gasteiger partial charge in [-0.05, 0) is 12.0 Å². The van der Waals surface area contributed by atoms with Crippen molar-refractivity contribution in [3.63, 3.8) is 0 Å². The third kappa shape index (κ3) is 3.08. The van der Waals surface area contributed by atoms with Crippen LogP contribution in [0.5, 0.6) is 0 Å². The molecule has 0 spiro atoms. The van der Waals surface area contributed by atoms with Gasteiger partial charge in [0.2, 0.25) is 5.82 Å². The van der Waals surface area contributed by atoms with E-state index in [9.17, 15) is 4.79 Å². The number of hydrogen-bond donors (Lipinski definition) is 0. The molecule has 0 unspecified atom stereocenters. The summed E-state index contributed by atoms with van der Waals surface area (Å²) >= 11 is 0. The molecule has 0 N–H and O–H groups in total. The smallest absolute Gasteiger partial charge is 0.213 e. The van der Waals surface area contributed by atoms with Crippen LogP contribution in [0, 0.1) is 11.3 Å². The van der Waals surface area contributed by atoms with E-state index < -0.39 is 0 Å². The summed E-state index contributed by atoms with van der Waals surface area (Å²) in [6.45, 7) is 2.28. The molecule has 1 heterocycles. The number of ketones is 1. The molecule has 0 radical (unpaired) electrons. The highest BCUT2D eigenvalue weighted by atomic mass is 16.1. The molecule has 0 saturated carbocycles. The SMILES string of the molecule is CCCc1ccc(C(=O)Cn2ccnc2C#N)cc1. The Labute approximate surface area is 112 Å². The number of nitrogens with zero attached hydrogens (tertiary/aromatic N) is 3. The lowest BCUT2D eigenvalue weighted by molar-refractivity contribution is 0.0971. The molecule has 19 heavy (non-hydrogen) atoms. The zero-order chi connectivity index (χ0) is 13.7. The number of carbonyl (C=O) groups is 1. The molecule has 1 aromatic heterocycles. The first-order valence-electron chi connectivity index (χ1n) is 6.28. The van der Waals surface area contributed by atoms with E-state index in [1.54, 1.807) is 10.8 Å². The summed E-state index contributed by atoms with van der Waals surface area (Å²) in [5.74, 6) is 0.244. The molecule has 0 aliphatic carbocycles. The average molecular weight is 253 g/mol. The lowest BCUT2D eigenvalue weighted by Crippen LogP contribution is -2.11. The number of benzene rings is 1. The predicted octanol–water partition coefficient (Wildman–Crippen LogP) is 2.59. The van der Waals surface area contributed by atoms with Crippen LogP contribution in [-0.2, 0) is 13.0 Å². The molecule has 1 aromatic carbocycles. The second-order valence-corrected chi connectivity index (χ2v) is 4.36. The summed E-state index contributed by atoms with van der Waals surface area (Å²) in [5, 5.41) is 8.84. The average Bonchev–Trinajstić information content (AvgIpc) is 2.87. The van der Waals surface area contributed by atoms with Gasteiger partial charge in [-0.2, -0.15) is 5.26 Å². The molecule has 0 saturated heterocycles. The van der Waals surface area contributed by atoms with Gasteiger partial charge in [0, 0.05) is 18.0 Å². The minimum Gasteiger partial charge on any atom is -0.315 e. The van der Waals surface area contributed by atoms with Crippen LogP contribution >= 0.6 is 0 Å². The van der Waals surface area contributed by atoms with E-state index in [2.05, 4.69) is 11.9 Å². The molecule has 96 valence electrons. The molecule has 0 amide bonds. The van der Waals surface area contributed by atoms with E-state index >= 15 is 0 Å². The predicted molar refractivity (Wildman–Crippen MR) is 71.7 cm³/mol. The van der Waals surface area contributed by atoms with Crippen LogP contribution in [0.15, 0.2) is 36.7 Å².